The van der Waals surface area contributed by atoms with Crippen LogP contribution in [0.4, 0.5) is 22.0 Å². The predicted molar refractivity (Wildman–Crippen MR) is 181 cm³/mol. The first kappa shape index (κ1) is 32.6. The molecule has 3 saturated heterocycles. The van der Waals surface area contributed by atoms with Crippen molar-refractivity contribution in [1.29, 1.82) is 0 Å². The highest BCUT2D eigenvalue weighted by atomic mass is 16.6. The molecule has 1 saturated carbocycles. The molecule has 7 rings (SSSR count). The zero-order chi connectivity index (χ0) is 33.1. The van der Waals surface area contributed by atoms with Crippen LogP contribution in [0.3, 0.4) is 0 Å². The molecule has 5 heterocycles. The third-order valence-corrected chi connectivity index (χ3v) is 9.35. The Morgan fingerprint density at radius 1 is 0.936 bits per heavy atom. The Kier molecular flexibility index (Phi) is 9.58. The molecule has 4 fully saturated rings. The van der Waals surface area contributed by atoms with Crippen LogP contribution in [0.5, 0.6) is 11.6 Å². The Labute approximate surface area is 276 Å². The van der Waals surface area contributed by atoms with E-state index in [0.717, 1.165) is 50.6 Å². The fourth-order valence-corrected chi connectivity index (χ4v) is 6.56. The molecule has 4 N–H and O–H groups in total. The van der Waals surface area contributed by atoms with Crippen molar-refractivity contribution in [2.45, 2.75) is 70.7 Å². The number of fused-ring (bicyclic) bond motifs is 1. The number of aromatic nitrogens is 3. The van der Waals surface area contributed by atoms with Gasteiger partial charge in [0.05, 0.1) is 17.5 Å². The number of benzene rings is 1. The molecule has 1 amide bonds. The minimum atomic E-state index is -0.437. The summed E-state index contributed by atoms with van der Waals surface area (Å²) in [4.78, 5) is 22.4. The lowest BCUT2D eigenvalue weighted by Crippen LogP contribution is -2.42. The number of piperidine rings is 1. The molecule has 3 aromatic rings. The smallest absolute Gasteiger partial charge is 0.410 e. The monoisotopic (exact) mass is 645 g/mol. The van der Waals surface area contributed by atoms with Gasteiger partial charge in [-0.2, -0.15) is 0 Å². The number of carbonyl (C=O) groups is 1. The molecule has 12 nitrogen and oxygen atoms in total. The summed E-state index contributed by atoms with van der Waals surface area (Å²) in [5, 5.41) is 27.9. The third kappa shape index (κ3) is 7.98. The second-order valence-corrected chi connectivity index (χ2v) is 14.1. The molecule has 0 radical (unpaired) electrons. The van der Waals surface area contributed by atoms with Crippen molar-refractivity contribution < 1.29 is 24.5 Å². The van der Waals surface area contributed by atoms with Crippen LogP contribution >= 0.6 is 0 Å². The lowest BCUT2D eigenvalue weighted by molar-refractivity contribution is 0.0101. The van der Waals surface area contributed by atoms with Crippen molar-refractivity contribution >= 4 is 23.3 Å². The number of ether oxygens (including phenoxy) is 2. The maximum absolute atomic E-state index is 11.5. The summed E-state index contributed by atoms with van der Waals surface area (Å²) in [7, 11) is 0. The van der Waals surface area contributed by atoms with Crippen LogP contribution < -0.4 is 20.3 Å². The van der Waals surface area contributed by atoms with Gasteiger partial charge in [0.25, 0.3) is 0 Å². The van der Waals surface area contributed by atoms with E-state index in [0.29, 0.717) is 60.9 Å². The van der Waals surface area contributed by atoms with Gasteiger partial charge in [0, 0.05) is 74.6 Å². The van der Waals surface area contributed by atoms with E-state index in [1.54, 1.807) is 17.0 Å². The summed E-state index contributed by atoms with van der Waals surface area (Å²) >= 11 is 0. The second-order valence-electron chi connectivity index (χ2n) is 14.1. The highest BCUT2D eigenvalue weighted by Crippen LogP contribution is 2.39. The number of hydrogen-bond donors (Lipinski definition) is 3. The van der Waals surface area contributed by atoms with Gasteiger partial charge in [-0.1, -0.05) is 12.1 Å². The minimum Gasteiger partial charge on any atom is -0.507 e. The maximum atomic E-state index is 11.5. The van der Waals surface area contributed by atoms with Gasteiger partial charge >= 0.3 is 6.09 Å². The van der Waals surface area contributed by atoms with Crippen LogP contribution in [0, 0.1) is 11.8 Å². The molecule has 3 aliphatic heterocycles. The second kappa shape index (κ2) is 13.8. The zero-order valence-corrected chi connectivity index (χ0v) is 27.6. The summed E-state index contributed by atoms with van der Waals surface area (Å²) in [6.07, 6.45) is 6.48. The standard InChI is InChI=1S/C25H28N6O2.C10H19NO3/c26-25-22(11-21(28-29-25)20-6-1-2-7-23(20)32)31-14-16-12-30(13-17(16)15-31)18-8-9-27-24(10-18)33-19-4-3-5-19;1-10(2,3)14-9(13)11-6-4-8(12)5-7-11/h1-2,6-11,16-17,19,32H,3-5,12-15H2,(H2,26,29);8,12H,4-7H2,1-3H3. The van der Waals surface area contributed by atoms with Gasteiger partial charge in [-0.15, -0.1) is 10.2 Å². The number of pyridine rings is 1. The first-order valence-electron chi connectivity index (χ1n) is 16.7. The number of amides is 1. The number of aromatic hydroxyl groups is 1. The van der Waals surface area contributed by atoms with Crippen molar-refractivity contribution in [2.24, 2.45) is 11.8 Å². The molecule has 2 unspecified atom stereocenters. The van der Waals surface area contributed by atoms with Crippen molar-refractivity contribution in [1.82, 2.24) is 20.1 Å². The van der Waals surface area contributed by atoms with Crippen LogP contribution in [0.1, 0.15) is 52.9 Å². The summed E-state index contributed by atoms with van der Waals surface area (Å²) in [6.45, 7) is 10.6. The van der Waals surface area contributed by atoms with E-state index in [9.17, 15) is 15.0 Å². The van der Waals surface area contributed by atoms with E-state index in [2.05, 4.69) is 37.1 Å². The molecule has 0 spiro atoms. The fraction of sp³-hybridized carbons (Fsp3) is 0.543. The van der Waals surface area contributed by atoms with Crippen LogP contribution in [0.15, 0.2) is 48.7 Å². The molecular formula is C35H47N7O5. The number of rotatable bonds is 5. The average Bonchev–Trinajstić information content (AvgIpc) is 3.60. The molecule has 2 aromatic heterocycles. The number of nitrogens with zero attached hydrogens (tertiary/aromatic N) is 6. The molecule has 0 bridgehead atoms. The van der Waals surface area contributed by atoms with E-state index >= 15 is 0 Å². The molecule has 2 atom stereocenters. The van der Waals surface area contributed by atoms with Crippen LogP contribution in [-0.2, 0) is 4.74 Å². The zero-order valence-electron chi connectivity index (χ0n) is 27.6. The summed E-state index contributed by atoms with van der Waals surface area (Å²) in [5.74, 6) is 2.46. The van der Waals surface area contributed by atoms with Gasteiger partial charge in [0.15, 0.2) is 5.82 Å². The van der Waals surface area contributed by atoms with Gasteiger partial charge in [-0.25, -0.2) is 9.78 Å². The van der Waals surface area contributed by atoms with Crippen LogP contribution in [0.25, 0.3) is 11.3 Å². The topological polar surface area (TPSA) is 150 Å². The van der Waals surface area contributed by atoms with E-state index < -0.39 is 5.60 Å². The van der Waals surface area contributed by atoms with Gasteiger partial charge in [0.1, 0.15) is 17.5 Å². The van der Waals surface area contributed by atoms with E-state index in [1.165, 1.54) is 12.1 Å². The Balaban J connectivity index is 0.000000233. The molecule has 47 heavy (non-hydrogen) atoms. The minimum absolute atomic E-state index is 0.189. The summed E-state index contributed by atoms with van der Waals surface area (Å²) in [5.41, 5.74) is 9.15. The van der Waals surface area contributed by atoms with Crippen LogP contribution in [0.2, 0.25) is 0 Å². The van der Waals surface area contributed by atoms with Gasteiger partial charge in [-0.3, -0.25) is 0 Å². The number of phenolic OH excluding ortho intramolecular Hbond substituents is 1. The number of phenols is 1. The lowest BCUT2D eigenvalue weighted by atomic mass is 9.96. The quantitative estimate of drug-likeness (QED) is 0.354. The van der Waals surface area contributed by atoms with Gasteiger partial charge in [-0.05, 0) is 77.1 Å². The Bertz CT molecular complexity index is 1520. The SMILES string of the molecule is CC(C)(C)OC(=O)N1CCC(O)CC1.Nc1nnc(-c2ccccc2O)cc1N1CC2CN(c3ccnc(OC4CCC4)c3)CC2C1. The number of nitrogen functional groups attached to an aromatic ring is 1. The molecule has 4 aliphatic rings. The van der Waals surface area contributed by atoms with Crippen molar-refractivity contribution in [3.63, 3.8) is 0 Å². The van der Waals surface area contributed by atoms with Crippen molar-refractivity contribution in [2.75, 3.05) is 54.8 Å². The lowest BCUT2D eigenvalue weighted by Gasteiger charge is -2.31. The van der Waals surface area contributed by atoms with E-state index in [1.807, 2.05) is 45.2 Å². The number of hydrogen-bond acceptors (Lipinski definition) is 11. The van der Waals surface area contributed by atoms with E-state index in [-0.39, 0.29) is 17.9 Å². The normalized spacial score (nSPS) is 21.5. The fourth-order valence-electron chi connectivity index (χ4n) is 6.56. The number of anilines is 3. The summed E-state index contributed by atoms with van der Waals surface area (Å²) < 4.78 is 11.2. The molecule has 1 aliphatic carbocycles. The number of nitrogens with two attached hydrogens (primary N) is 1. The van der Waals surface area contributed by atoms with Gasteiger partial charge in [0.2, 0.25) is 5.88 Å². The van der Waals surface area contributed by atoms with E-state index in [4.69, 9.17) is 15.2 Å². The summed E-state index contributed by atoms with van der Waals surface area (Å²) in [6, 6.07) is 13.3. The average molecular weight is 646 g/mol. The molecule has 252 valence electrons. The Morgan fingerprint density at radius 2 is 1.62 bits per heavy atom. The number of aliphatic hydroxyl groups excluding tert-OH is 1. The first-order chi connectivity index (χ1) is 22.5. The highest BCUT2D eigenvalue weighted by Gasteiger charge is 2.41. The van der Waals surface area contributed by atoms with Gasteiger partial charge < -0.3 is 40.1 Å². The van der Waals surface area contributed by atoms with Crippen molar-refractivity contribution in [3.8, 4) is 22.9 Å². The first-order valence-corrected chi connectivity index (χ1v) is 16.7. The third-order valence-electron chi connectivity index (χ3n) is 9.35. The van der Waals surface area contributed by atoms with Crippen molar-refractivity contribution in [3.05, 3.63) is 48.7 Å². The number of para-hydroxylation sites is 1. The highest BCUT2D eigenvalue weighted by molar-refractivity contribution is 5.74. The molecule has 1 aromatic carbocycles. The molecule has 12 heteroatoms. The Hall–Kier alpha value is -4.32. The largest absolute Gasteiger partial charge is 0.507 e. The Morgan fingerprint density at radius 3 is 2.26 bits per heavy atom. The van der Waals surface area contributed by atoms with Crippen LogP contribution in [-0.4, -0.2) is 93.5 Å². The molecular weight excluding hydrogens is 598 g/mol. The number of carbonyl (C=O) groups excluding carboxylic acids is 1. The predicted octanol–water partition coefficient (Wildman–Crippen LogP) is 4.71. The maximum Gasteiger partial charge on any atom is 0.410 e. The number of likely N-dealkylation sites (tertiary alicyclic amines) is 1. The number of aliphatic hydroxyl groups is 1.